The molecule has 4 heteroatoms. The van der Waals surface area contributed by atoms with Crippen molar-refractivity contribution in [2.24, 2.45) is 0 Å². The number of hydrogen-bond acceptors (Lipinski definition) is 3. The smallest absolute Gasteiger partial charge is 0.269 e. The molecule has 4 nitrogen and oxygen atoms in total. The molecule has 0 N–H and O–H groups in total. The van der Waals surface area contributed by atoms with Crippen molar-refractivity contribution < 1.29 is 4.92 Å². The molecule has 0 aliphatic rings. The Balaban J connectivity index is 1.86. The van der Waals surface area contributed by atoms with Gasteiger partial charge in [0.25, 0.3) is 5.69 Å². The fourth-order valence-corrected chi connectivity index (χ4v) is 3.13. The Morgan fingerprint density at radius 1 is 0.760 bits per heavy atom. The third-order valence-corrected chi connectivity index (χ3v) is 4.72. The van der Waals surface area contributed by atoms with Crippen LogP contribution < -0.4 is 0 Å². The summed E-state index contributed by atoms with van der Waals surface area (Å²) in [4.78, 5) is 12.5. The predicted octanol–water partition coefficient (Wildman–Crippen LogP) is 5.99. The van der Waals surface area contributed by atoms with Crippen molar-refractivity contribution in [1.29, 1.82) is 0 Å². The molecule has 0 saturated carbocycles. The second-order valence-electron chi connectivity index (χ2n) is 7.37. The molecule has 0 unspecified atom stereocenters. The van der Waals surface area contributed by atoms with Gasteiger partial charge in [-0.05, 0) is 45.5 Å². The van der Waals surface area contributed by atoms with Gasteiger partial charge in [0.1, 0.15) is 0 Å². The van der Waals surface area contributed by atoms with Crippen LogP contribution in [0.25, 0.3) is 0 Å². The molecule has 0 radical (unpaired) electrons. The van der Waals surface area contributed by atoms with Crippen LogP contribution in [0.2, 0.25) is 0 Å². The number of nitro groups is 1. The van der Waals surface area contributed by atoms with Gasteiger partial charge in [-0.2, -0.15) is 0 Å². The fraction of sp³-hybridized carbons (Fsp3) is 0.714. The maximum Gasteiger partial charge on any atom is 0.269 e. The van der Waals surface area contributed by atoms with Crippen molar-refractivity contribution >= 4 is 5.69 Å². The lowest BCUT2D eigenvalue weighted by Crippen LogP contribution is -2.12. The zero-order valence-corrected chi connectivity index (χ0v) is 16.2. The van der Waals surface area contributed by atoms with E-state index in [0.717, 1.165) is 6.42 Å². The van der Waals surface area contributed by atoms with Gasteiger partial charge in [0.2, 0.25) is 0 Å². The van der Waals surface area contributed by atoms with Crippen LogP contribution in [0.5, 0.6) is 0 Å². The highest BCUT2D eigenvalue weighted by Crippen LogP contribution is 2.15. The van der Waals surface area contributed by atoms with E-state index in [2.05, 4.69) is 19.0 Å². The topological polar surface area (TPSA) is 46.4 Å². The molecule has 0 saturated heterocycles. The second-order valence-corrected chi connectivity index (χ2v) is 7.37. The van der Waals surface area contributed by atoms with Crippen LogP contribution in [0, 0.1) is 10.1 Å². The van der Waals surface area contributed by atoms with Crippen LogP contribution in [0.3, 0.4) is 0 Å². The maximum atomic E-state index is 10.6. The second kappa shape index (κ2) is 13.8. The number of unbranched alkanes of at least 4 members (excludes halogenated alkanes) is 10. The highest BCUT2D eigenvalue weighted by atomic mass is 16.6. The SMILES string of the molecule is CN(C)CCCCCCCCCCCCCc1ccc([N+](=O)[O-])cc1. The van der Waals surface area contributed by atoms with Gasteiger partial charge in [-0.1, -0.05) is 69.9 Å². The monoisotopic (exact) mass is 348 g/mol. The Morgan fingerprint density at radius 3 is 1.64 bits per heavy atom. The van der Waals surface area contributed by atoms with E-state index < -0.39 is 0 Å². The third-order valence-electron chi connectivity index (χ3n) is 4.72. The van der Waals surface area contributed by atoms with Gasteiger partial charge in [-0.15, -0.1) is 0 Å². The number of nitro benzene ring substituents is 1. The van der Waals surface area contributed by atoms with Crippen molar-refractivity contribution in [3.63, 3.8) is 0 Å². The average Bonchev–Trinajstić information content (AvgIpc) is 2.59. The molecule has 0 atom stereocenters. The summed E-state index contributed by atoms with van der Waals surface area (Å²) < 4.78 is 0. The molecular weight excluding hydrogens is 312 g/mol. The van der Waals surface area contributed by atoms with E-state index in [1.807, 2.05) is 12.1 Å². The van der Waals surface area contributed by atoms with Crippen molar-refractivity contribution in [2.75, 3.05) is 20.6 Å². The summed E-state index contributed by atoms with van der Waals surface area (Å²) in [5.41, 5.74) is 1.39. The lowest BCUT2D eigenvalue weighted by atomic mass is 10.0. The first-order valence-corrected chi connectivity index (χ1v) is 9.97. The maximum absolute atomic E-state index is 10.6. The van der Waals surface area contributed by atoms with Gasteiger partial charge in [-0.25, -0.2) is 0 Å². The van der Waals surface area contributed by atoms with E-state index in [1.165, 1.54) is 82.7 Å². The van der Waals surface area contributed by atoms with Crippen molar-refractivity contribution in [2.45, 2.75) is 77.0 Å². The first-order valence-electron chi connectivity index (χ1n) is 9.97. The average molecular weight is 349 g/mol. The van der Waals surface area contributed by atoms with E-state index in [0.29, 0.717) is 0 Å². The molecule has 1 aromatic carbocycles. The first-order chi connectivity index (χ1) is 12.1. The minimum atomic E-state index is -0.340. The van der Waals surface area contributed by atoms with E-state index in [4.69, 9.17) is 0 Å². The summed E-state index contributed by atoms with van der Waals surface area (Å²) in [5, 5.41) is 10.6. The van der Waals surface area contributed by atoms with Gasteiger partial charge in [-0.3, -0.25) is 10.1 Å². The zero-order valence-electron chi connectivity index (χ0n) is 16.2. The Bertz CT molecular complexity index is 457. The van der Waals surface area contributed by atoms with Crippen LogP contribution >= 0.6 is 0 Å². The number of aryl methyl sites for hydroxylation is 1. The number of nitrogens with zero attached hydrogens (tertiary/aromatic N) is 2. The van der Waals surface area contributed by atoms with Crippen molar-refractivity contribution in [3.8, 4) is 0 Å². The summed E-state index contributed by atoms with van der Waals surface area (Å²) >= 11 is 0. The van der Waals surface area contributed by atoms with E-state index in [1.54, 1.807) is 12.1 Å². The summed E-state index contributed by atoms with van der Waals surface area (Å²) in [5.74, 6) is 0. The normalized spacial score (nSPS) is 11.2. The Labute approximate surface area is 153 Å². The number of hydrogen-bond donors (Lipinski definition) is 0. The fourth-order valence-electron chi connectivity index (χ4n) is 3.13. The number of benzene rings is 1. The Morgan fingerprint density at radius 2 is 1.20 bits per heavy atom. The van der Waals surface area contributed by atoms with Crippen LogP contribution in [0.1, 0.15) is 76.2 Å². The molecule has 0 aliphatic carbocycles. The molecular formula is C21H36N2O2. The quantitative estimate of drug-likeness (QED) is 0.222. The third kappa shape index (κ3) is 11.7. The van der Waals surface area contributed by atoms with Gasteiger partial charge in [0, 0.05) is 12.1 Å². The van der Waals surface area contributed by atoms with Crippen LogP contribution in [0.15, 0.2) is 24.3 Å². The summed E-state index contributed by atoms with van der Waals surface area (Å²) in [6.45, 7) is 1.22. The lowest BCUT2D eigenvalue weighted by Gasteiger charge is -2.08. The Hall–Kier alpha value is -1.42. The minimum absolute atomic E-state index is 0.182. The molecule has 0 spiro atoms. The highest BCUT2D eigenvalue weighted by Gasteiger charge is 2.03. The Kier molecular flexibility index (Phi) is 12.0. The molecule has 0 heterocycles. The number of rotatable bonds is 15. The van der Waals surface area contributed by atoms with Gasteiger partial charge >= 0.3 is 0 Å². The number of non-ortho nitro benzene ring substituents is 1. The predicted molar refractivity (Wildman–Crippen MR) is 106 cm³/mol. The van der Waals surface area contributed by atoms with Crippen molar-refractivity contribution in [3.05, 3.63) is 39.9 Å². The largest absolute Gasteiger partial charge is 0.309 e. The lowest BCUT2D eigenvalue weighted by molar-refractivity contribution is -0.384. The molecule has 142 valence electrons. The van der Waals surface area contributed by atoms with Gasteiger partial charge in [0.05, 0.1) is 4.92 Å². The standard InChI is InChI=1S/C21H36N2O2/c1-22(2)19-13-11-9-7-5-3-4-6-8-10-12-14-20-15-17-21(18-16-20)23(24)25/h15-18H,3-14,19H2,1-2H3. The first kappa shape index (κ1) is 21.6. The van der Waals surface area contributed by atoms with Crippen LogP contribution in [0.4, 0.5) is 5.69 Å². The molecule has 0 fully saturated rings. The van der Waals surface area contributed by atoms with Crippen LogP contribution in [-0.4, -0.2) is 30.5 Å². The minimum Gasteiger partial charge on any atom is -0.309 e. The summed E-state index contributed by atoms with van der Waals surface area (Å²) in [7, 11) is 4.29. The molecule has 1 aromatic rings. The molecule has 0 amide bonds. The molecule has 0 aliphatic heterocycles. The molecule has 0 aromatic heterocycles. The summed E-state index contributed by atoms with van der Waals surface area (Å²) in [6.07, 6.45) is 15.8. The van der Waals surface area contributed by atoms with Gasteiger partial charge in [0.15, 0.2) is 0 Å². The molecule has 1 rings (SSSR count). The molecule has 25 heavy (non-hydrogen) atoms. The van der Waals surface area contributed by atoms with E-state index >= 15 is 0 Å². The van der Waals surface area contributed by atoms with Crippen LogP contribution in [-0.2, 0) is 6.42 Å². The van der Waals surface area contributed by atoms with E-state index in [-0.39, 0.29) is 10.6 Å². The molecule has 0 bridgehead atoms. The zero-order chi connectivity index (χ0) is 18.3. The van der Waals surface area contributed by atoms with E-state index in [9.17, 15) is 10.1 Å². The highest BCUT2D eigenvalue weighted by molar-refractivity contribution is 5.32. The summed E-state index contributed by atoms with van der Waals surface area (Å²) in [6, 6.07) is 6.99. The van der Waals surface area contributed by atoms with Gasteiger partial charge < -0.3 is 4.90 Å². The van der Waals surface area contributed by atoms with Crippen molar-refractivity contribution in [1.82, 2.24) is 4.90 Å².